The Bertz CT molecular complexity index is 639. The zero-order chi connectivity index (χ0) is 15.5. The molecule has 0 saturated carbocycles. The second-order valence-electron chi connectivity index (χ2n) is 4.69. The molecule has 10 heteroatoms. The second-order valence-corrected chi connectivity index (χ2v) is 6.40. The van der Waals surface area contributed by atoms with Gasteiger partial charge in [-0.05, 0) is 12.8 Å². The van der Waals surface area contributed by atoms with Gasteiger partial charge >= 0.3 is 5.97 Å². The topological polar surface area (TPSA) is 130 Å². The van der Waals surface area contributed by atoms with Crippen molar-refractivity contribution in [1.29, 1.82) is 0 Å². The highest BCUT2D eigenvalue weighted by Crippen LogP contribution is 2.11. The molecule has 0 aromatic carbocycles. The van der Waals surface area contributed by atoms with Crippen LogP contribution >= 0.6 is 0 Å². The van der Waals surface area contributed by atoms with E-state index in [-0.39, 0.29) is 23.8 Å². The Labute approximate surface area is 121 Å². The van der Waals surface area contributed by atoms with E-state index < -0.39 is 22.0 Å². The molecule has 9 nitrogen and oxygen atoms in total. The van der Waals surface area contributed by atoms with E-state index in [9.17, 15) is 18.0 Å². The number of carbonyl (C=O) groups is 2. The summed E-state index contributed by atoms with van der Waals surface area (Å²) in [7, 11) is -3.85. The molecular weight excluding hydrogens is 300 g/mol. The van der Waals surface area contributed by atoms with Crippen molar-refractivity contribution in [2.24, 2.45) is 0 Å². The summed E-state index contributed by atoms with van der Waals surface area (Å²) in [4.78, 5) is 21.9. The molecule has 1 aromatic heterocycles. The minimum atomic E-state index is -3.85. The third-order valence-corrected chi connectivity index (χ3v) is 4.48. The number of rotatable bonds is 6. The molecule has 1 unspecified atom stereocenters. The van der Waals surface area contributed by atoms with E-state index in [1.807, 2.05) is 0 Å². The van der Waals surface area contributed by atoms with Crippen molar-refractivity contribution in [2.45, 2.75) is 36.7 Å². The molecule has 2 heterocycles. The number of amides is 1. The summed E-state index contributed by atoms with van der Waals surface area (Å²) in [5.74, 6) is -1.34. The van der Waals surface area contributed by atoms with E-state index in [2.05, 4.69) is 15.1 Å². The van der Waals surface area contributed by atoms with Crippen LogP contribution in [-0.2, 0) is 26.2 Å². The first-order valence-corrected chi connectivity index (χ1v) is 7.91. The number of hydrogen-bond donors (Lipinski definition) is 3. The molecular formula is C11H16N4O5S. The molecule has 0 bridgehead atoms. The summed E-state index contributed by atoms with van der Waals surface area (Å²) in [6.45, 7) is 0.624. The van der Waals surface area contributed by atoms with Crippen LogP contribution in [0.15, 0.2) is 17.3 Å². The number of piperidine rings is 1. The van der Waals surface area contributed by atoms with E-state index in [1.165, 1.54) is 10.9 Å². The van der Waals surface area contributed by atoms with Crippen molar-refractivity contribution in [2.75, 3.05) is 6.54 Å². The van der Waals surface area contributed by atoms with E-state index in [0.717, 1.165) is 6.20 Å². The van der Waals surface area contributed by atoms with Gasteiger partial charge in [0.2, 0.25) is 15.9 Å². The third kappa shape index (κ3) is 4.02. The van der Waals surface area contributed by atoms with Crippen molar-refractivity contribution in [1.82, 2.24) is 19.8 Å². The maximum absolute atomic E-state index is 12.1. The highest BCUT2D eigenvalue weighted by Gasteiger charge is 2.28. The first kappa shape index (κ1) is 15.4. The predicted molar refractivity (Wildman–Crippen MR) is 70.8 cm³/mol. The van der Waals surface area contributed by atoms with Gasteiger partial charge in [0.1, 0.15) is 10.9 Å². The Morgan fingerprint density at radius 1 is 1.57 bits per heavy atom. The van der Waals surface area contributed by atoms with Crippen LogP contribution in [0.3, 0.4) is 0 Å². The van der Waals surface area contributed by atoms with Crippen molar-refractivity contribution < 1.29 is 23.1 Å². The van der Waals surface area contributed by atoms with Crippen LogP contribution in [0.25, 0.3) is 0 Å². The number of sulfonamides is 1. The molecule has 3 N–H and O–H groups in total. The van der Waals surface area contributed by atoms with Crippen LogP contribution in [0.1, 0.15) is 19.3 Å². The van der Waals surface area contributed by atoms with Crippen LogP contribution in [0.2, 0.25) is 0 Å². The zero-order valence-corrected chi connectivity index (χ0v) is 12.0. The number of nitrogens with one attached hydrogen (secondary N) is 2. The molecule has 0 spiro atoms. The molecule has 2 rings (SSSR count). The normalized spacial score (nSPS) is 19.2. The predicted octanol–water partition coefficient (Wildman–Crippen LogP) is -1.09. The summed E-state index contributed by atoms with van der Waals surface area (Å²) >= 11 is 0. The van der Waals surface area contributed by atoms with Crippen LogP contribution in [-0.4, -0.2) is 47.8 Å². The molecule has 1 amide bonds. The van der Waals surface area contributed by atoms with E-state index in [1.54, 1.807) is 0 Å². The lowest BCUT2D eigenvalue weighted by Gasteiger charge is -2.22. The zero-order valence-electron chi connectivity index (χ0n) is 11.2. The Hall–Kier alpha value is -1.94. The van der Waals surface area contributed by atoms with Gasteiger partial charge in [0.05, 0.1) is 19.2 Å². The average Bonchev–Trinajstić information content (AvgIpc) is 2.88. The van der Waals surface area contributed by atoms with Gasteiger partial charge in [-0.3, -0.25) is 14.3 Å². The highest BCUT2D eigenvalue weighted by atomic mass is 32.2. The highest BCUT2D eigenvalue weighted by molar-refractivity contribution is 7.89. The van der Waals surface area contributed by atoms with Gasteiger partial charge in [0, 0.05) is 12.7 Å². The standard InChI is InChI=1S/C11H16N4O5S/c16-10(17)3-5-15-7-8(6-13-15)21(19,20)14-9-2-1-4-12-11(9)18/h6-7,9,14H,1-5H2,(H,12,18)(H,16,17). The second kappa shape index (κ2) is 6.22. The Morgan fingerprint density at radius 3 is 3.00 bits per heavy atom. The largest absolute Gasteiger partial charge is 0.481 e. The molecule has 1 aliphatic rings. The number of carboxylic acid groups (broad SMARTS) is 1. The van der Waals surface area contributed by atoms with Gasteiger partial charge < -0.3 is 10.4 Å². The first-order valence-electron chi connectivity index (χ1n) is 6.43. The van der Waals surface area contributed by atoms with Gasteiger partial charge in [0.15, 0.2) is 0 Å². The molecule has 0 aliphatic carbocycles. The average molecular weight is 316 g/mol. The molecule has 116 valence electrons. The summed E-state index contributed by atoms with van der Waals surface area (Å²) in [5.41, 5.74) is 0. The summed E-state index contributed by atoms with van der Waals surface area (Å²) in [5, 5.41) is 15.0. The fraction of sp³-hybridized carbons (Fsp3) is 0.545. The number of aromatic nitrogens is 2. The van der Waals surface area contributed by atoms with Crippen LogP contribution in [0, 0.1) is 0 Å². The Kier molecular flexibility index (Phi) is 4.58. The SMILES string of the molecule is O=C(O)CCn1cc(S(=O)(=O)NC2CCCNC2=O)cn1. The molecule has 1 fully saturated rings. The maximum Gasteiger partial charge on any atom is 0.305 e. The van der Waals surface area contributed by atoms with Gasteiger partial charge in [0.25, 0.3) is 0 Å². The maximum atomic E-state index is 12.1. The number of carboxylic acids is 1. The molecule has 1 atom stereocenters. The molecule has 1 aliphatic heterocycles. The van der Waals surface area contributed by atoms with Gasteiger partial charge in [-0.15, -0.1) is 0 Å². The molecule has 0 radical (unpaired) electrons. The molecule has 1 saturated heterocycles. The fourth-order valence-corrected chi connectivity index (χ4v) is 3.14. The number of aliphatic carboxylic acids is 1. The first-order chi connectivity index (χ1) is 9.88. The number of nitrogens with zero attached hydrogens (tertiary/aromatic N) is 2. The monoisotopic (exact) mass is 316 g/mol. The Morgan fingerprint density at radius 2 is 2.33 bits per heavy atom. The van der Waals surface area contributed by atoms with Crippen molar-refractivity contribution in [3.63, 3.8) is 0 Å². The van der Waals surface area contributed by atoms with E-state index in [4.69, 9.17) is 5.11 Å². The summed E-state index contributed by atoms with van der Waals surface area (Å²) in [6, 6.07) is -0.786. The van der Waals surface area contributed by atoms with Crippen LogP contribution in [0.5, 0.6) is 0 Å². The molecule has 21 heavy (non-hydrogen) atoms. The van der Waals surface area contributed by atoms with E-state index in [0.29, 0.717) is 19.4 Å². The van der Waals surface area contributed by atoms with Gasteiger partial charge in [-0.2, -0.15) is 9.82 Å². The minimum Gasteiger partial charge on any atom is -0.481 e. The number of aryl methyl sites for hydroxylation is 1. The Balaban J connectivity index is 2.05. The lowest BCUT2D eigenvalue weighted by atomic mass is 10.1. The molecule has 1 aromatic rings. The lowest BCUT2D eigenvalue weighted by molar-refractivity contribution is -0.137. The lowest BCUT2D eigenvalue weighted by Crippen LogP contribution is -2.50. The van der Waals surface area contributed by atoms with Gasteiger partial charge in [-0.1, -0.05) is 0 Å². The van der Waals surface area contributed by atoms with Crippen molar-refractivity contribution in [3.8, 4) is 0 Å². The summed E-state index contributed by atoms with van der Waals surface area (Å²) in [6.07, 6.45) is 3.37. The quantitative estimate of drug-likeness (QED) is 0.611. The van der Waals surface area contributed by atoms with Crippen molar-refractivity contribution >= 4 is 21.9 Å². The minimum absolute atomic E-state index is 0.0781. The number of carbonyl (C=O) groups excluding carboxylic acids is 1. The van der Waals surface area contributed by atoms with Gasteiger partial charge in [-0.25, -0.2) is 8.42 Å². The number of hydrogen-bond acceptors (Lipinski definition) is 5. The van der Waals surface area contributed by atoms with Crippen LogP contribution < -0.4 is 10.0 Å². The fourth-order valence-electron chi connectivity index (χ4n) is 1.96. The smallest absolute Gasteiger partial charge is 0.305 e. The van der Waals surface area contributed by atoms with E-state index >= 15 is 0 Å². The third-order valence-electron chi connectivity index (χ3n) is 3.06. The summed E-state index contributed by atoms with van der Waals surface area (Å²) < 4.78 is 27.8. The van der Waals surface area contributed by atoms with Crippen molar-refractivity contribution in [3.05, 3.63) is 12.4 Å². The van der Waals surface area contributed by atoms with Crippen LogP contribution in [0.4, 0.5) is 0 Å².